The fourth-order valence-electron chi connectivity index (χ4n) is 2.72. The number of para-hydroxylation sites is 1. The third kappa shape index (κ3) is 4.22. The minimum atomic E-state index is 0.592. The number of benzene rings is 1. The highest BCUT2D eigenvalue weighted by Crippen LogP contribution is 2.15. The lowest BCUT2D eigenvalue weighted by Gasteiger charge is -2.40. The summed E-state index contributed by atoms with van der Waals surface area (Å²) in [6.45, 7) is 10.9. The third-order valence-corrected chi connectivity index (χ3v) is 4.45. The van der Waals surface area contributed by atoms with Crippen molar-refractivity contribution in [2.45, 2.75) is 39.3 Å². The number of rotatable bonds is 6. The van der Waals surface area contributed by atoms with Crippen LogP contribution in [0.2, 0.25) is 0 Å². The summed E-state index contributed by atoms with van der Waals surface area (Å²) in [7, 11) is 0. The van der Waals surface area contributed by atoms with Crippen LogP contribution >= 0.6 is 0 Å². The summed E-state index contributed by atoms with van der Waals surface area (Å²) in [5, 5.41) is 3.68. The van der Waals surface area contributed by atoms with E-state index in [-0.39, 0.29) is 0 Å². The van der Waals surface area contributed by atoms with Gasteiger partial charge in [0, 0.05) is 31.7 Å². The highest BCUT2D eigenvalue weighted by Gasteiger charge is 2.27. The van der Waals surface area contributed by atoms with Crippen LogP contribution in [0.25, 0.3) is 0 Å². The molecule has 3 atom stereocenters. The standard InChI is InChI=1S/C17H28N2O/c1-4-14(2)17-13-19(15(3)12-18-17)10-11-20-16-8-6-5-7-9-16/h5-9,14-15,17-18H,4,10-13H2,1-3H3. The lowest BCUT2D eigenvalue weighted by atomic mass is 9.96. The molecule has 20 heavy (non-hydrogen) atoms. The fourth-order valence-corrected chi connectivity index (χ4v) is 2.72. The first-order valence-electron chi connectivity index (χ1n) is 7.86. The lowest BCUT2D eigenvalue weighted by Crippen LogP contribution is -2.58. The van der Waals surface area contributed by atoms with Gasteiger partial charge in [0.25, 0.3) is 0 Å². The minimum absolute atomic E-state index is 0.592. The molecule has 1 fully saturated rings. The zero-order valence-electron chi connectivity index (χ0n) is 13.0. The summed E-state index contributed by atoms with van der Waals surface area (Å²) in [4.78, 5) is 2.55. The largest absolute Gasteiger partial charge is 0.492 e. The van der Waals surface area contributed by atoms with E-state index in [1.165, 1.54) is 6.42 Å². The van der Waals surface area contributed by atoms with Crippen LogP contribution in [-0.4, -0.2) is 43.2 Å². The maximum Gasteiger partial charge on any atom is 0.119 e. The summed E-state index contributed by atoms with van der Waals surface area (Å²) in [6, 6.07) is 11.3. The monoisotopic (exact) mass is 276 g/mol. The molecule has 0 aromatic heterocycles. The Labute approximate surface area is 123 Å². The summed E-state index contributed by atoms with van der Waals surface area (Å²) in [6.07, 6.45) is 1.24. The Morgan fingerprint density at radius 2 is 2.10 bits per heavy atom. The van der Waals surface area contributed by atoms with Gasteiger partial charge in [-0.1, -0.05) is 38.5 Å². The molecule has 0 amide bonds. The first kappa shape index (κ1) is 15.3. The molecule has 0 spiro atoms. The second-order valence-electron chi connectivity index (χ2n) is 5.91. The zero-order chi connectivity index (χ0) is 14.4. The molecule has 3 nitrogen and oxygen atoms in total. The quantitative estimate of drug-likeness (QED) is 0.864. The molecule has 3 unspecified atom stereocenters. The Morgan fingerprint density at radius 3 is 2.80 bits per heavy atom. The van der Waals surface area contributed by atoms with Crippen LogP contribution in [-0.2, 0) is 0 Å². The molecule has 2 rings (SSSR count). The van der Waals surface area contributed by atoms with Crippen molar-refractivity contribution in [2.24, 2.45) is 5.92 Å². The molecular formula is C17H28N2O. The first-order valence-corrected chi connectivity index (χ1v) is 7.86. The van der Waals surface area contributed by atoms with Gasteiger partial charge in [-0.3, -0.25) is 4.90 Å². The van der Waals surface area contributed by atoms with Crippen molar-refractivity contribution < 1.29 is 4.74 Å². The van der Waals surface area contributed by atoms with E-state index in [0.717, 1.165) is 37.9 Å². The fraction of sp³-hybridized carbons (Fsp3) is 0.647. The van der Waals surface area contributed by atoms with Crippen LogP contribution in [0.3, 0.4) is 0 Å². The number of nitrogens with one attached hydrogen (secondary N) is 1. The van der Waals surface area contributed by atoms with Crippen molar-refractivity contribution in [1.82, 2.24) is 10.2 Å². The maximum absolute atomic E-state index is 5.82. The van der Waals surface area contributed by atoms with E-state index in [1.807, 2.05) is 30.3 Å². The number of ether oxygens (including phenoxy) is 1. The highest BCUT2D eigenvalue weighted by molar-refractivity contribution is 5.20. The average molecular weight is 276 g/mol. The van der Waals surface area contributed by atoms with Gasteiger partial charge >= 0.3 is 0 Å². The third-order valence-electron chi connectivity index (χ3n) is 4.45. The summed E-state index contributed by atoms with van der Waals surface area (Å²) in [5.41, 5.74) is 0. The van der Waals surface area contributed by atoms with Crippen LogP contribution in [0.1, 0.15) is 27.2 Å². The molecule has 0 bridgehead atoms. The lowest BCUT2D eigenvalue weighted by molar-refractivity contribution is 0.101. The second kappa shape index (κ2) is 7.65. The summed E-state index contributed by atoms with van der Waals surface area (Å²) >= 11 is 0. The van der Waals surface area contributed by atoms with E-state index in [4.69, 9.17) is 4.74 Å². The molecule has 1 aromatic carbocycles. The molecular weight excluding hydrogens is 248 g/mol. The Bertz CT molecular complexity index is 382. The van der Waals surface area contributed by atoms with Crippen LogP contribution < -0.4 is 10.1 Å². The molecule has 0 radical (unpaired) electrons. The molecule has 1 aliphatic heterocycles. The van der Waals surface area contributed by atoms with E-state index >= 15 is 0 Å². The van der Waals surface area contributed by atoms with Crippen molar-refractivity contribution in [1.29, 1.82) is 0 Å². The van der Waals surface area contributed by atoms with Gasteiger partial charge in [-0.15, -0.1) is 0 Å². The SMILES string of the molecule is CCC(C)C1CN(CCOc2ccccc2)C(C)CN1. The van der Waals surface area contributed by atoms with Crippen molar-refractivity contribution in [2.75, 3.05) is 26.2 Å². The van der Waals surface area contributed by atoms with Gasteiger partial charge in [0.05, 0.1) is 0 Å². The van der Waals surface area contributed by atoms with Gasteiger partial charge < -0.3 is 10.1 Å². The molecule has 1 N–H and O–H groups in total. The molecule has 1 heterocycles. The smallest absolute Gasteiger partial charge is 0.119 e. The van der Waals surface area contributed by atoms with Crippen LogP contribution in [0.4, 0.5) is 0 Å². The maximum atomic E-state index is 5.82. The Balaban J connectivity index is 1.78. The number of nitrogens with zero attached hydrogens (tertiary/aromatic N) is 1. The average Bonchev–Trinajstić information content (AvgIpc) is 2.49. The number of piperazine rings is 1. The van der Waals surface area contributed by atoms with E-state index < -0.39 is 0 Å². The molecule has 0 aliphatic carbocycles. The van der Waals surface area contributed by atoms with Crippen LogP contribution in [0.15, 0.2) is 30.3 Å². The zero-order valence-corrected chi connectivity index (χ0v) is 13.0. The van der Waals surface area contributed by atoms with E-state index in [9.17, 15) is 0 Å². The van der Waals surface area contributed by atoms with E-state index in [2.05, 4.69) is 31.0 Å². The van der Waals surface area contributed by atoms with Gasteiger partial charge in [0.1, 0.15) is 12.4 Å². The van der Waals surface area contributed by atoms with Crippen LogP contribution in [0, 0.1) is 5.92 Å². The summed E-state index contributed by atoms with van der Waals surface area (Å²) < 4.78 is 5.82. The Kier molecular flexibility index (Phi) is 5.86. The highest BCUT2D eigenvalue weighted by atomic mass is 16.5. The predicted molar refractivity (Wildman–Crippen MR) is 84.2 cm³/mol. The Hall–Kier alpha value is -1.06. The topological polar surface area (TPSA) is 24.5 Å². The number of hydrogen-bond acceptors (Lipinski definition) is 3. The predicted octanol–water partition coefficient (Wildman–Crippen LogP) is 2.77. The first-order chi connectivity index (χ1) is 9.70. The molecule has 1 aromatic rings. The van der Waals surface area contributed by atoms with Crippen molar-refractivity contribution in [3.8, 4) is 5.75 Å². The molecule has 3 heteroatoms. The van der Waals surface area contributed by atoms with Crippen molar-refractivity contribution in [3.63, 3.8) is 0 Å². The Morgan fingerprint density at radius 1 is 1.35 bits per heavy atom. The number of hydrogen-bond donors (Lipinski definition) is 1. The van der Waals surface area contributed by atoms with Gasteiger partial charge in [-0.2, -0.15) is 0 Å². The molecule has 1 aliphatic rings. The van der Waals surface area contributed by atoms with Crippen molar-refractivity contribution in [3.05, 3.63) is 30.3 Å². The van der Waals surface area contributed by atoms with Gasteiger partial charge in [-0.05, 0) is 25.0 Å². The van der Waals surface area contributed by atoms with Gasteiger partial charge in [0.2, 0.25) is 0 Å². The van der Waals surface area contributed by atoms with Gasteiger partial charge in [-0.25, -0.2) is 0 Å². The van der Waals surface area contributed by atoms with Crippen molar-refractivity contribution >= 4 is 0 Å². The summed E-state index contributed by atoms with van der Waals surface area (Å²) in [5.74, 6) is 1.70. The van der Waals surface area contributed by atoms with Crippen LogP contribution in [0.5, 0.6) is 5.75 Å². The molecule has 112 valence electrons. The second-order valence-corrected chi connectivity index (χ2v) is 5.91. The van der Waals surface area contributed by atoms with E-state index in [0.29, 0.717) is 12.1 Å². The molecule has 0 saturated carbocycles. The molecule has 1 saturated heterocycles. The van der Waals surface area contributed by atoms with E-state index in [1.54, 1.807) is 0 Å². The van der Waals surface area contributed by atoms with Gasteiger partial charge in [0.15, 0.2) is 0 Å². The minimum Gasteiger partial charge on any atom is -0.492 e. The normalized spacial score (nSPS) is 25.4.